The third-order valence-corrected chi connectivity index (χ3v) is 6.25. The van der Waals surface area contributed by atoms with Gasteiger partial charge in [0.15, 0.2) is 0 Å². The topological polar surface area (TPSA) is 73.2 Å². The number of thiophene rings is 1. The summed E-state index contributed by atoms with van der Waals surface area (Å²) in [4.78, 5) is 26.5. The Morgan fingerprint density at radius 3 is 2.68 bits per heavy atom. The Morgan fingerprint density at radius 1 is 1.18 bits per heavy atom. The second-order valence-electron chi connectivity index (χ2n) is 6.75. The van der Waals surface area contributed by atoms with Gasteiger partial charge in [0.25, 0.3) is 5.91 Å². The minimum Gasteiger partial charge on any atom is -0.465 e. The van der Waals surface area contributed by atoms with E-state index in [1.165, 1.54) is 23.3 Å². The van der Waals surface area contributed by atoms with Gasteiger partial charge in [-0.1, -0.05) is 18.2 Å². The van der Waals surface area contributed by atoms with E-state index in [0.29, 0.717) is 16.1 Å². The molecule has 2 heterocycles. The summed E-state index contributed by atoms with van der Waals surface area (Å²) in [7, 11) is 1.37. The van der Waals surface area contributed by atoms with Crippen molar-refractivity contribution in [3.05, 3.63) is 63.8 Å². The zero-order valence-corrected chi connectivity index (χ0v) is 16.6. The van der Waals surface area contributed by atoms with Crippen molar-refractivity contribution in [1.29, 1.82) is 0 Å². The van der Waals surface area contributed by atoms with E-state index in [-0.39, 0.29) is 5.91 Å². The molecule has 2 aromatic heterocycles. The minimum atomic E-state index is -0.397. The van der Waals surface area contributed by atoms with Gasteiger partial charge in [-0.25, -0.2) is 9.48 Å². The highest BCUT2D eigenvalue weighted by Gasteiger charge is 2.27. The first-order valence-corrected chi connectivity index (χ1v) is 10.1. The Balaban J connectivity index is 1.66. The smallest absolute Gasteiger partial charge is 0.341 e. The quantitative estimate of drug-likeness (QED) is 0.673. The number of esters is 1. The number of carbonyl (C=O) groups is 2. The normalized spacial score (nSPS) is 13.1. The Labute approximate surface area is 167 Å². The van der Waals surface area contributed by atoms with Crippen molar-refractivity contribution < 1.29 is 14.3 Å². The van der Waals surface area contributed by atoms with Crippen LogP contribution in [0.3, 0.4) is 0 Å². The maximum Gasteiger partial charge on any atom is 0.341 e. The van der Waals surface area contributed by atoms with Crippen LogP contribution in [-0.2, 0) is 17.6 Å². The van der Waals surface area contributed by atoms with Gasteiger partial charge in [-0.05, 0) is 50.3 Å². The molecule has 1 N–H and O–H groups in total. The van der Waals surface area contributed by atoms with E-state index in [2.05, 4.69) is 10.4 Å². The molecule has 0 aliphatic heterocycles. The van der Waals surface area contributed by atoms with Gasteiger partial charge in [0.1, 0.15) is 5.00 Å². The Kier molecular flexibility index (Phi) is 5.00. The molecular weight excluding hydrogens is 374 g/mol. The zero-order chi connectivity index (χ0) is 19.7. The van der Waals surface area contributed by atoms with E-state index in [9.17, 15) is 9.59 Å². The largest absolute Gasteiger partial charge is 0.465 e. The summed E-state index contributed by atoms with van der Waals surface area (Å²) < 4.78 is 6.71. The van der Waals surface area contributed by atoms with E-state index >= 15 is 0 Å². The van der Waals surface area contributed by atoms with E-state index in [0.717, 1.165) is 42.6 Å². The first-order valence-electron chi connectivity index (χ1n) is 9.24. The highest BCUT2D eigenvalue weighted by atomic mass is 32.1. The maximum atomic E-state index is 12.9. The SMILES string of the molecule is COC(=O)c1c(NC(=O)c2cnn(-c3ccccc3)c2C)sc2c1CCCC2. The summed E-state index contributed by atoms with van der Waals surface area (Å²) in [6.07, 6.45) is 5.49. The monoisotopic (exact) mass is 395 g/mol. The van der Waals surface area contributed by atoms with Crippen LogP contribution < -0.4 is 5.32 Å². The first kappa shape index (κ1) is 18.4. The molecule has 0 saturated carbocycles. The number of benzene rings is 1. The Bertz CT molecular complexity index is 1040. The van der Waals surface area contributed by atoms with E-state index in [1.54, 1.807) is 10.9 Å². The van der Waals surface area contributed by atoms with Gasteiger partial charge in [-0.2, -0.15) is 5.10 Å². The number of aromatic nitrogens is 2. The Morgan fingerprint density at radius 2 is 1.93 bits per heavy atom. The predicted molar refractivity (Wildman–Crippen MR) is 109 cm³/mol. The molecule has 1 aliphatic rings. The Hall–Kier alpha value is -2.93. The lowest BCUT2D eigenvalue weighted by Crippen LogP contribution is -2.15. The number of fused-ring (bicyclic) bond motifs is 1. The summed E-state index contributed by atoms with van der Waals surface area (Å²) in [6, 6.07) is 9.65. The summed E-state index contributed by atoms with van der Waals surface area (Å²) in [5.74, 6) is -0.671. The molecule has 0 unspecified atom stereocenters. The first-order chi connectivity index (χ1) is 13.6. The lowest BCUT2D eigenvalue weighted by molar-refractivity contribution is 0.0601. The van der Waals surface area contributed by atoms with Crippen molar-refractivity contribution >= 4 is 28.2 Å². The highest BCUT2D eigenvalue weighted by Crippen LogP contribution is 2.38. The fourth-order valence-electron chi connectivity index (χ4n) is 3.60. The van der Waals surface area contributed by atoms with Crippen molar-refractivity contribution in [2.75, 3.05) is 12.4 Å². The van der Waals surface area contributed by atoms with Gasteiger partial charge in [-0.15, -0.1) is 11.3 Å². The zero-order valence-electron chi connectivity index (χ0n) is 15.8. The predicted octanol–water partition coefficient (Wildman–Crippen LogP) is 4.16. The lowest BCUT2D eigenvalue weighted by atomic mass is 9.95. The molecule has 7 heteroatoms. The number of amides is 1. The van der Waals surface area contributed by atoms with Gasteiger partial charge in [-0.3, -0.25) is 4.79 Å². The molecule has 1 aromatic carbocycles. The van der Waals surface area contributed by atoms with Crippen LogP contribution in [0.4, 0.5) is 5.00 Å². The van der Waals surface area contributed by atoms with E-state index < -0.39 is 5.97 Å². The molecule has 28 heavy (non-hydrogen) atoms. The van der Waals surface area contributed by atoms with Gasteiger partial charge in [0.2, 0.25) is 0 Å². The number of methoxy groups -OCH3 is 1. The molecule has 0 bridgehead atoms. The van der Waals surface area contributed by atoms with Crippen LogP contribution in [0.5, 0.6) is 0 Å². The number of carbonyl (C=O) groups excluding carboxylic acids is 2. The summed E-state index contributed by atoms with van der Waals surface area (Å²) in [5, 5.41) is 7.85. The fraction of sp³-hybridized carbons (Fsp3) is 0.286. The van der Waals surface area contributed by atoms with Gasteiger partial charge < -0.3 is 10.1 Å². The van der Waals surface area contributed by atoms with Crippen molar-refractivity contribution in [3.8, 4) is 5.69 Å². The number of hydrogen-bond donors (Lipinski definition) is 1. The molecule has 3 aromatic rings. The molecule has 0 radical (unpaired) electrons. The third kappa shape index (κ3) is 3.22. The number of aryl methyl sites for hydroxylation is 1. The summed E-state index contributed by atoms with van der Waals surface area (Å²) in [5.41, 5.74) is 3.63. The van der Waals surface area contributed by atoms with Gasteiger partial charge in [0.05, 0.1) is 35.8 Å². The second-order valence-corrected chi connectivity index (χ2v) is 7.86. The van der Waals surface area contributed by atoms with E-state index in [4.69, 9.17) is 4.74 Å². The molecule has 6 nitrogen and oxygen atoms in total. The molecule has 0 saturated heterocycles. The van der Waals surface area contributed by atoms with Crippen LogP contribution in [0.1, 0.15) is 49.7 Å². The van der Waals surface area contributed by atoms with Gasteiger partial charge in [0, 0.05) is 4.88 Å². The lowest BCUT2D eigenvalue weighted by Gasteiger charge is -2.11. The average molecular weight is 395 g/mol. The van der Waals surface area contributed by atoms with Crippen LogP contribution >= 0.6 is 11.3 Å². The van der Waals surface area contributed by atoms with E-state index in [1.807, 2.05) is 37.3 Å². The highest BCUT2D eigenvalue weighted by molar-refractivity contribution is 7.17. The maximum absolute atomic E-state index is 12.9. The standard InChI is InChI=1S/C21H21N3O3S/c1-13-16(12-22-24(13)14-8-4-3-5-9-14)19(25)23-20-18(21(26)27-2)15-10-6-7-11-17(15)28-20/h3-5,8-9,12H,6-7,10-11H2,1-2H3,(H,23,25). The van der Waals surface area contributed by atoms with Crippen molar-refractivity contribution in [2.24, 2.45) is 0 Å². The summed E-state index contributed by atoms with van der Waals surface area (Å²) >= 11 is 1.48. The molecular formula is C21H21N3O3S. The van der Waals surface area contributed by atoms with Crippen molar-refractivity contribution in [2.45, 2.75) is 32.6 Å². The summed E-state index contributed by atoms with van der Waals surface area (Å²) in [6.45, 7) is 1.86. The number of ether oxygens (including phenoxy) is 1. The number of anilines is 1. The van der Waals surface area contributed by atoms with Crippen LogP contribution in [0, 0.1) is 6.92 Å². The number of nitrogens with zero attached hydrogens (tertiary/aromatic N) is 2. The van der Waals surface area contributed by atoms with Crippen molar-refractivity contribution in [1.82, 2.24) is 9.78 Å². The van der Waals surface area contributed by atoms with Crippen LogP contribution in [-0.4, -0.2) is 28.8 Å². The average Bonchev–Trinajstić information content (AvgIpc) is 3.28. The van der Waals surface area contributed by atoms with Crippen LogP contribution in [0.2, 0.25) is 0 Å². The number of para-hydroxylation sites is 1. The second kappa shape index (κ2) is 7.59. The van der Waals surface area contributed by atoms with Crippen molar-refractivity contribution in [3.63, 3.8) is 0 Å². The van der Waals surface area contributed by atoms with Crippen LogP contribution in [0.15, 0.2) is 36.5 Å². The molecule has 144 valence electrons. The molecule has 0 fully saturated rings. The number of hydrogen-bond acceptors (Lipinski definition) is 5. The van der Waals surface area contributed by atoms with Gasteiger partial charge >= 0.3 is 5.97 Å². The van der Waals surface area contributed by atoms with Crippen LogP contribution in [0.25, 0.3) is 5.69 Å². The molecule has 4 rings (SSSR count). The molecule has 0 spiro atoms. The number of nitrogens with one attached hydrogen (secondary N) is 1. The fourth-order valence-corrected chi connectivity index (χ4v) is 4.88. The molecule has 1 aliphatic carbocycles. The third-order valence-electron chi connectivity index (χ3n) is 5.04. The molecule has 0 atom stereocenters. The molecule has 1 amide bonds. The minimum absolute atomic E-state index is 0.275. The number of rotatable bonds is 4.